The molecule has 1 aliphatic rings. The van der Waals surface area contributed by atoms with Crippen LogP contribution >= 0.6 is 0 Å². The van der Waals surface area contributed by atoms with E-state index in [4.69, 9.17) is 10.5 Å². The van der Waals surface area contributed by atoms with Crippen LogP contribution in [0.25, 0.3) is 0 Å². The molecule has 3 N–H and O–H groups in total. The fraction of sp³-hybridized carbons (Fsp3) is 0.364. The summed E-state index contributed by atoms with van der Waals surface area (Å²) in [7, 11) is 0. The lowest BCUT2D eigenvalue weighted by atomic mass is 9.78. The molecule has 0 saturated carbocycles. The number of hydrogen-bond donors (Lipinski definition) is 2. The largest absolute Gasteiger partial charge is 0.493 e. The molecule has 0 amide bonds. The molecule has 4 heteroatoms. The van der Waals surface area contributed by atoms with Crippen LogP contribution in [0.3, 0.4) is 0 Å². The van der Waals surface area contributed by atoms with Crippen molar-refractivity contribution in [2.24, 2.45) is 11.7 Å². The van der Waals surface area contributed by atoms with E-state index in [9.17, 15) is 9.90 Å². The number of fused-ring (bicyclic) bond motifs is 1. The maximum Gasteiger partial charge on any atom is 0.328 e. The zero-order valence-electron chi connectivity index (χ0n) is 8.43. The summed E-state index contributed by atoms with van der Waals surface area (Å²) in [6.45, 7) is 2.11. The first kappa shape index (κ1) is 9.98. The van der Waals surface area contributed by atoms with Crippen molar-refractivity contribution in [1.29, 1.82) is 0 Å². The summed E-state index contributed by atoms with van der Waals surface area (Å²) in [6.07, 6.45) is 0. The minimum absolute atomic E-state index is 0.245. The second-order valence-corrected chi connectivity index (χ2v) is 3.88. The van der Waals surface area contributed by atoms with Crippen LogP contribution in [0.1, 0.15) is 12.5 Å². The Balaban J connectivity index is 2.60. The molecule has 0 radical (unpaired) electrons. The quantitative estimate of drug-likeness (QED) is 0.719. The highest BCUT2D eigenvalue weighted by atomic mass is 16.5. The summed E-state index contributed by atoms with van der Waals surface area (Å²) in [5.41, 5.74) is 5.19. The van der Waals surface area contributed by atoms with Crippen molar-refractivity contribution < 1.29 is 14.6 Å². The highest BCUT2D eigenvalue weighted by Gasteiger charge is 2.46. The Morgan fingerprint density at radius 2 is 2.27 bits per heavy atom. The average molecular weight is 207 g/mol. The van der Waals surface area contributed by atoms with Crippen molar-refractivity contribution >= 4 is 5.97 Å². The molecular weight excluding hydrogens is 194 g/mol. The molecule has 2 atom stereocenters. The van der Waals surface area contributed by atoms with Crippen molar-refractivity contribution in [3.8, 4) is 5.75 Å². The third-order valence-corrected chi connectivity index (χ3v) is 2.95. The van der Waals surface area contributed by atoms with Crippen LogP contribution in [0.5, 0.6) is 5.75 Å². The SMILES string of the molecule is CC1COc2ccccc2C1(N)C(=O)O. The Bertz CT molecular complexity index is 405. The van der Waals surface area contributed by atoms with E-state index in [1.54, 1.807) is 31.2 Å². The molecule has 2 unspecified atom stereocenters. The van der Waals surface area contributed by atoms with Gasteiger partial charge in [0.15, 0.2) is 0 Å². The number of hydrogen-bond acceptors (Lipinski definition) is 3. The predicted molar refractivity (Wildman–Crippen MR) is 54.6 cm³/mol. The number of carboxylic acid groups (broad SMARTS) is 1. The first-order chi connectivity index (χ1) is 7.06. The minimum Gasteiger partial charge on any atom is -0.493 e. The summed E-state index contributed by atoms with van der Waals surface area (Å²) in [5.74, 6) is -0.684. The third-order valence-electron chi connectivity index (χ3n) is 2.95. The molecule has 0 saturated heterocycles. The first-order valence-electron chi connectivity index (χ1n) is 4.81. The second-order valence-electron chi connectivity index (χ2n) is 3.88. The van der Waals surface area contributed by atoms with E-state index < -0.39 is 11.5 Å². The second kappa shape index (κ2) is 3.24. The molecule has 4 nitrogen and oxygen atoms in total. The van der Waals surface area contributed by atoms with Gasteiger partial charge in [0.2, 0.25) is 0 Å². The summed E-state index contributed by atoms with van der Waals surface area (Å²) in [6, 6.07) is 7.02. The van der Waals surface area contributed by atoms with Crippen molar-refractivity contribution in [2.75, 3.05) is 6.61 Å². The lowest BCUT2D eigenvalue weighted by Crippen LogP contribution is -2.54. The molecule has 1 aromatic rings. The van der Waals surface area contributed by atoms with Gasteiger partial charge in [0.1, 0.15) is 11.3 Å². The molecule has 0 spiro atoms. The normalized spacial score (nSPS) is 29.1. The van der Waals surface area contributed by atoms with E-state index in [-0.39, 0.29) is 5.92 Å². The van der Waals surface area contributed by atoms with E-state index in [0.717, 1.165) is 0 Å². The van der Waals surface area contributed by atoms with Crippen molar-refractivity contribution in [1.82, 2.24) is 0 Å². The molecule has 15 heavy (non-hydrogen) atoms. The monoisotopic (exact) mass is 207 g/mol. The van der Waals surface area contributed by atoms with Crippen LogP contribution in [-0.2, 0) is 10.3 Å². The summed E-state index contributed by atoms with van der Waals surface area (Å²) in [5, 5.41) is 9.23. The molecule has 0 bridgehead atoms. The molecule has 1 heterocycles. The van der Waals surface area contributed by atoms with Gasteiger partial charge < -0.3 is 15.6 Å². The van der Waals surface area contributed by atoms with Gasteiger partial charge in [0.05, 0.1) is 6.61 Å². The van der Waals surface area contributed by atoms with Crippen LogP contribution in [0, 0.1) is 5.92 Å². The maximum atomic E-state index is 11.3. The van der Waals surface area contributed by atoms with E-state index >= 15 is 0 Å². The van der Waals surface area contributed by atoms with E-state index in [2.05, 4.69) is 0 Å². The van der Waals surface area contributed by atoms with Gasteiger partial charge in [-0.25, -0.2) is 4.79 Å². The van der Waals surface area contributed by atoms with E-state index in [1.807, 2.05) is 0 Å². The molecule has 2 rings (SSSR count). The number of para-hydroxylation sites is 1. The predicted octanol–water partition coefficient (Wildman–Crippen LogP) is 0.954. The van der Waals surface area contributed by atoms with Gasteiger partial charge in [0, 0.05) is 11.5 Å². The Morgan fingerprint density at radius 3 is 2.93 bits per heavy atom. The number of nitrogens with two attached hydrogens (primary N) is 1. The molecule has 1 aliphatic heterocycles. The van der Waals surface area contributed by atoms with E-state index in [1.165, 1.54) is 0 Å². The lowest BCUT2D eigenvalue weighted by molar-refractivity contribution is -0.147. The third kappa shape index (κ3) is 1.29. The van der Waals surface area contributed by atoms with Crippen LogP contribution in [0.15, 0.2) is 24.3 Å². The van der Waals surface area contributed by atoms with Gasteiger partial charge in [-0.15, -0.1) is 0 Å². The summed E-state index contributed by atoms with van der Waals surface area (Å²) in [4.78, 5) is 11.3. The molecule has 1 aromatic carbocycles. The number of aliphatic carboxylic acids is 1. The number of rotatable bonds is 1. The summed E-state index contributed by atoms with van der Waals surface area (Å²) < 4.78 is 5.44. The fourth-order valence-electron chi connectivity index (χ4n) is 1.87. The Morgan fingerprint density at radius 1 is 1.60 bits per heavy atom. The van der Waals surface area contributed by atoms with E-state index in [0.29, 0.717) is 17.9 Å². The Labute approximate surface area is 87.7 Å². The first-order valence-corrected chi connectivity index (χ1v) is 4.81. The van der Waals surface area contributed by atoms with Gasteiger partial charge in [-0.3, -0.25) is 0 Å². The van der Waals surface area contributed by atoms with Crippen LogP contribution in [0.4, 0.5) is 0 Å². The maximum absolute atomic E-state index is 11.3. The van der Waals surface area contributed by atoms with Gasteiger partial charge in [0.25, 0.3) is 0 Å². The minimum atomic E-state index is -1.34. The number of carboxylic acids is 1. The van der Waals surface area contributed by atoms with Gasteiger partial charge in [-0.05, 0) is 6.07 Å². The number of ether oxygens (including phenoxy) is 1. The van der Waals surface area contributed by atoms with Gasteiger partial charge in [-0.1, -0.05) is 25.1 Å². The molecule has 0 aliphatic carbocycles. The van der Waals surface area contributed by atoms with Crippen LogP contribution in [-0.4, -0.2) is 17.7 Å². The van der Waals surface area contributed by atoms with Crippen LogP contribution in [0.2, 0.25) is 0 Å². The topological polar surface area (TPSA) is 72.5 Å². The number of carbonyl (C=O) groups is 1. The van der Waals surface area contributed by atoms with Crippen molar-refractivity contribution in [3.05, 3.63) is 29.8 Å². The Kier molecular flexibility index (Phi) is 2.16. The van der Waals surface area contributed by atoms with Gasteiger partial charge >= 0.3 is 5.97 Å². The molecule has 0 aromatic heterocycles. The van der Waals surface area contributed by atoms with Crippen LogP contribution < -0.4 is 10.5 Å². The van der Waals surface area contributed by atoms with Crippen molar-refractivity contribution in [3.63, 3.8) is 0 Å². The average Bonchev–Trinajstić information content (AvgIpc) is 2.23. The lowest BCUT2D eigenvalue weighted by Gasteiger charge is -2.37. The molecule has 0 fully saturated rings. The zero-order valence-corrected chi connectivity index (χ0v) is 8.43. The van der Waals surface area contributed by atoms with Gasteiger partial charge in [-0.2, -0.15) is 0 Å². The molecular formula is C11H13NO3. The molecule has 80 valence electrons. The highest BCUT2D eigenvalue weighted by Crippen LogP contribution is 2.38. The summed E-state index contributed by atoms with van der Waals surface area (Å²) >= 11 is 0. The fourth-order valence-corrected chi connectivity index (χ4v) is 1.87. The Hall–Kier alpha value is -1.55. The smallest absolute Gasteiger partial charge is 0.328 e. The zero-order chi connectivity index (χ0) is 11.1. The highest BCUT2D eigenvalue weighted by molar-refractivity contribution is 5.82. The van der Waals surface area contributed by atoms with Crippen molar-refractivity contribution in [2.45, 2.75) is 12.5 Å². The number of benzene rings is 1. The standard InChI is InChI=1S/C11H13NO3/c1-7-6-15-9-5-3-2-4-8(9)11(7,12)10(13)14/h2-5,7H,6,12H2,1H3,(H,13,14).